The lowest BCUT2D eigenvalue weighted by molar-refractivity contribution is -0.121. The van der Waals surface area contributed by atoms with Gasteiger partial charge in [0.05, 0.1) is 12.3 Å². The normalized spacial score (nSPS) is 12.2. The summed E-state index contributed by atoms with van der Waals surface area (Å²) in [6.45, 7) is 5.25. The van der Waals surface area contributed by atoms with Crippen LogP contribution in [0.3, 0.4) is 0 Å². The van der Waals surface area contributed by atoms with Crippen LogP contribution in [0.2, 0.25) is 0 Å². The highest BCUT2D eigenvalue weighted by Gasteiger charge is 2.17. The number of carbonyl (C=O) groups is 1. The van der Waals surface area contributed by atoms with Crippen LogP contribution in [-0.2, 0) is 20.6 Å². The second kappa shape index (κ2) is 6.69. The van der Waals surface area contributed by atoms with Gasteiger partial charge in [-0.15, -0.1) is 0 Å². The van der Waals surface area contributed by atoms with Crippen LogP contribution < -0.4 is 10.0 Å². The summed E-state index contributed by atoms with van der Waals surface area (Å²) in [6.07, 6.45) is 0. The number of amides is 1. The highest BCUT2D eigenvalue weighted by molar-refractivity contribution is 9.10. The Bertz CT molecular complexity index is 562. The molecule has 0 heterocycles. The van der Waals surface area contributed by atoms with E-state index in [1.807, 2.05) is 20.8 Å². The van der Waals surface area contributed by atoms with Crippen molar-refractivity contribution in [3.8, 4) is 0 Å². The molecule has 2 N–H and O–H groups in total. The van der Waals surface area contributed by atoms with E-state index in [-0.39, 0.29) is 23.7 Å². The summed E-state index contributed by atoms with van der Waals surface area (Å²) in [4.78, 5) is 11.6. The molecule has 0 aliphatic rings. The zero-order valence-corrected chi connectivity index (χ0v) is 14.1. The number of rotatable bonds is 5. The molecule has 0 unspecified atom stereocenters. The lowest BCUT2D eigenvalue weighted by Gasteiger charge is -2.20. The fraction of sp³-hybridized carbons (Fsp3) is 0.462. The molecule has 1 aromatic carbocycles. The molecule has 5 nitrogen and oxygen atoms in total. The predicted molar refractivity (Wildman–Crippen MR) is 82.7 cm³/mol. The lowest BCUT2D eigenvalue weighted by Crippen LogP contribution is -2.45. The largest absolute Gasteiger partial charge is 0.350 e. The van der Waals surface area contributed by atoms with Crippen molar-refractivity contribution in [1.82, 2.24) is 10.0 Å². The fourth-order valence-corrected chi connectivity index (χ4v) is 2.84. The van der Waals surface area contributed by atoms with E-state index in [0.717, 1.165) is 4.47 Å². The minimum Gasteiger partial charge on any atom is -0.350 e. The number of hydrogen-bond acceptors (Lipinski definition) is 3. The SMILES string of the molecule is CC(C)(C)NC(=O)CNS(=O)(=O)Cc1ccc(Br)cc1. The molecule has 112 valence electrons. The first-order chi connectivity index (χ1) is 9.07. The van der Waals surface area contributed by atoms with E-state index < -0.39 is 10.0 Å². The van der Waals surface area contributed by atoms with Crippen LogP contribution in [-0.4, -0.2) is 26.4 Å². The van der Waals surface area contributed by atoms with E-state index in [0.29, 0.717) is 5.56 Å². The minimum atomic E-state index is -3.52. The Hall–Kier alpha value is -0.920. The molecule has 0 saturated heterocycles. The Morgan fingerprint density at radius 1 is 1.20 bits per heavy atom. The van der Waals surface area contributed by atoms with Gasteiger partial charge in [0.25, 0.3) is 0 Å². The summed E-state index contributed by atoms with van der Waals surface area (Å²) in [7, 11) is -3.52. The number of halogens is 1. The molecule has 1 aromatic rings. The van der Waals surface area contributed by atoms with Gasteiger partial charge in [0.2, 0.25) is 15.9 Å². The number of sulfonamides is 1. The van der Waals surface area contributed by atoms with Gasteiger partial charge in [-0.05, 0) is 38.5 Å². The third kappa shape index (κ3) is 7.02. The number of nitrogens with one attached hydrogen (secondary N) is 2. The predicted octanol–water partition coefficient (Wildman–Crippen LogP) is 1.78. The van der Waals surface area contributed by atoms with Crippen molar-refractivity contribution in [3.05, 3.63) is 34.3 Å². The summed E-state index contributed by atoms with van der Waals surface area (Å²) in [5, 5.41) is 2.69. The molecule has 0 bridgehead atoms. The van der Waals surface area contributed by atoms with Crippen molar-refractivity contribution in [3.63, 3.8) is 0 Å². The van der Waals surface area contributed by atoms with Crippen molar-refractivity contribution in [2.24, 2.45) is 0 Å². The van der Waals surface area contributed by atoms with E-state index in [2.05, 4.69) is 26.0 Å². The van der Waals surface area contributed by atoms with Gasteiger partial charge in [0.15, 0.2) is 0 Å². The average Bonchev–Trinajstić information content (AvgIpc) is 2.27. The zero-order chi connectivity index (χ0) is 15.4. The second-order valence-corrected chi connectivity index (χ2v) is 8.23. The molecule has 0 radical (unpaired) electrons. The molecule has 0 saturated carbocycles. The number of benzene rings is 1. The van der Waals surface area contributed by atoms with Gasteiger partial charge in [0, 0.05) is 10.0 Å². The first kappa shape index (κ1) is 17.1. The van der Waals surface area contributed by atoms with Crippen molar-refractivity contribution in [2.75, 3.05) is 6.54 Å². The van der Waals surface area contributed by atoms with Crippen LogP contribution in [0.4, 0.5) is 0 Å². The molecule has 0 aromatic heterocycles. The topological polar surface area (TPSA) is 75.3 Å². The van der Waals surface area contributed by atoms with E-state index in [9.17, 15) is 13.2 Å². The molecule has 0 atom stereocenters. The van der Waals surface area contributed by atoms with Crippen molar-refractivity contribution >= 4 is 31.9 Å². The van der Waals surface area contributed by atoms with E-state index in [1.54, 1.807) is 24.3 Å². The third-order valence-electron chi connectivity index (χ3n) is 2.24. The first-order valence-electron chi connectivity index (χ1n) is 6.10. The highest BCUT2D eigenvalue weighted by Crippen LogP contribution is 2.12. The molecule has 1 rings (SSSR count). The maximum atomic E-state index is 11.9. The Kier molecular flexibility index (Phi) is 5.73. The smallest absolute Gasteiger partial charge is 0.235 e. The highest BCUT2D eigenvalue weighted by atomic mass is 79.9. The van der Waals surface area contributed by atoms with Gasteiger partial charge in [-0.25, -0.2) is 13.1 Å². The van der Waals surface area contributed by atoms with E-state index >= 15 is 0 Å². The maximum Gasteiger partial charge on any atom is 0.235 e. The van der Waals surface area contributed by atoms with Gasteiger partial charge in [0.1, 0.15) is 0 Å². The van der Waals surface area contributed by atoms with Crippen LogP contribution >= 0.6 is 15.9 Å². The molecule has 1 amide bonds. The van der Waals surface area contributed by atoms with Crippen molar-refractivity contribution in [2.45, 2.75) is 32.1 Å². The summed E-state index contributed by atoms with van der Waals surface area (Å²) in [6, 6.07) is 6.99. The molecular formula is C13H19BrN2O3S. The summed E-state index contributed by atoms with van der Waals surface area (Å²) < 4.78 is 26.9. The average molecular weight is 363 g/mol. The van der Waals surface area contributed by atoms with E-state index in [1.165, 1.54) is 0 Å². The molecule has 20 heavy (non-hydrogen) atoms. The Balaban J connectivity index is 2.54. The van der Waals surface area contributed by atoms with Gasteiger partial charge >= 0.3 is 0 Å². The van der Waals surface area contributed by atoms with Gasteiger partial charge in [-0.2, -0.15) is 0 Å². The maximum absolute atomic E-state index is 11.9. The van der Waals surface area contributed by atoms with Gasteiger partial charge in [-0.1, -0.05) is 28.1 Å². The molecule has 0 spiro atoms. The molecule has 0 fully saturated rings. The van der Waals surface area contributed by atoms with E-state index in [4.69, 9.17) is 0 Å². The first-order valence-corrected chi connectivity index (χ1v) is 8.55. The molecule has 7 heteroatoms. The molecular weight excluding hydrogens is 344 g/mol. The number of carbonyl (C=O) groups excluding carboxylic acids is 1. The zero-order valence-electron chi connectivity index (χ0n) is 11.7. The summed E-state index contributed by atoms with van der Waals surface area (Å²) in [5.41, 5.74) is 0.283. The van der Waals surface area contributed by atoms with Crippen LogP contribution in [0.1, 0.15) is 26.3 Å². The van der Waals surface area contributed by atoms with Crippen LogP contribution in [0.5, 0.6) is 0 Å². The van der Waals surface area contributed by atoms with Crippen LogP contribution in [0.15, 0.2) is 28.7 Å². The van der Waals surface area contributed by atoms with Gasteiger partial charge in [-0.3, -0.25) is 4.79 Å². The summed E-state index contributed by atoms with van der Waals surface area (Å²) in [5.74, 6) is -0.500. The molecule has 0 aliphatic carbocycles. The molecule has 0 aliphatic heterocycles. The van der Waals surface area contributed by atoms with Crippen molar-refractivity contribution in [1.29, 1.82) is 0 Å². The van der Waals surface area contributed by atoms with Crippen LogP contribution in [0, 0.1) is 0 Å². The van der Waals surface area contributed by atoms with Crippen LogP contribution in [0.25, 0.3) is 0 Å². The lowest BCUT2D eigenvalue weighted by atomic mass is 10.1. The standard InChI is InChI=1S/C13H19BrN2O3S/c1-13(2,3)16-12(17)8-15-20(18,19)9-10-4-6-11(14)7-5-10/h4-7,15H,8-9H2,1-3H3,(H,16,17). The Labute approximate surface area is 128 Å². The Morgan fingerprint density at radius 3 is 2.25 bits per heavy atom. The summed E-state index contributed by atoms with van der Waals surface area (Å²) >= 11 is 3.28. The quantitative estimate of drug-likeness (QED) is 0.838. The Morgan fingerprint density at radius 2 is 1.75 bits per heavy atom. The van der Waals surface area contributed by atoms with Gasteiger partial charge < -0.3 is 5.32 Å². The fourth-order valence-electron chi connectivity index (χ4n) is 1.49. The number of hydrogen-bond donors (Lipinski definition) is 2. The minimum absolute atomic E-state index is 0.150. The second-order valence-electron chi connectivity index (χ2n) is 5.50. The third-order valence-corrected chi connectivity index (χ3v) is 4.06. The monoisotopic (exact) mass is 362 g/mol. The van der Waals surface area contributed by atoms with Crippen molar-refractivity contribution < 1.29 is 13.2 Å².